The van der Waals surface area contributed by atoms with Gasteiger partial charge in [0.25, 0.3) is 0 Å². The zero-order valence-corrected chi connectivity index (χ0v) is 12.5. The number of aromatic carboxylic acids is 1. The molecular weight excluding hydrogens is 294 g/mol. The van der Waals surface area contributed by atoms with Gasteiger partial charge in [-0.05, 0) is 24.6 Å². The molecule has 0 spiro atoms. The van der Waals surface area contributed by atoms with Crippen LogP contribution in [0.25, 0.3) is 0 Å². The first kappa shape index (κ1) is 15.0. The lowest BCUT2D eigenvalue weighted by Gasteiger charge is -2.16. The highest BCUT2D eigenvalue weighted by Gasteiger charge is 2.39. The number of hydrogen-bond acceptors (Lipinski definition) is 4. The molecule has 0 radical (unpaired) electrons. The molecule has 0 aliphatic carbocycles. The molecule has 5 nitrogen and oxygen atoms in total. The van der Waals surface area contributed by atoms with Crippen LogP contribution in [-0.4, -0.2) is 22.6 Å². The Hall–Kier alpha value is -2.95. The predicted molar refractivity (Wildman–Crippen MR) is 84.4 cm³/mol. The fourth-order valence-corrected chi connectivity index (χ4v) is 2.69. The molecule has 1 aliphatic rings. The molecule has 1 N–H and O–H groups in total. The van der Waals surface area contributed by atoms with E-state index in [9.17, 15) is 9.59 Å². The molecule has 116 valence electrons. The number of carboxylic acid groups (broad SMARTS) is 1. The van der Waals surface area contributed by atoms with Crippen LogP contribution in [0.5, 0.6) is 0 Å². The molecule has 2 atom stereocenters. The van der Waals surface area contributed by atoms with Gasteiger partial charge in [-0.3, -0.25) is 4.79 Å². The maximum atomic E-state index is 12.1. The van der Waals surface area contributed by atoms with Crippen LogP contribution >= 0.6 is 0 Å². The maximum Gasteiger partial charge on any atom is 0.335 e. The molecular formula is C18H15NO4. The molecule has 2 aromatic carbocycles. The first-order chi connectivity index (χ1) is 11.1. The monoisotopic (exact) mass is 309 g/mol. The summed E-state index contributed by atoms with van der Waals surface area (Å²) in [4.78, 5) is 28.6. The molecule has 0 fully saturated rings. The van der Waals surface area contributed by atoms with E-state index in [0.29, 0.717) is 11.3 Å². The van der Waals surface area contributed by atoms with Crippen molar-refractivity contribution >= 4 is 17.5 Å². The predicted octanol–water partition coefficient (Wildman–Crippen LogP) is 3.07. The van der Waals surface area contributed by atoms with Gasteiger partial charge in [0.05, 0.1) is 5.56 Å². The van der Waals surface area contributed by atoms with E-state index in [1.54, 1.807) is 12.1 Å². The highest BCUT2D eigenvalue weighted by molar-refractivity contribution is 6.14. The van der Waals surface area contributed by atoms with Gasteiger partial charge in [0, 0.05) is 5.56 Å². The smallest absolute Gasteiger partial charge is 0.335 e. The van der Waals surface area contributed by atoms with Gasteiger partial charge in [0.15, 0.2) is 6.10 Å². The van der Waals surface area contributed by atoms with Crippen LogP contribution in [0.3, 0.4) is 0 Å². The van der Waals surface area contributed by atoms with Crippen molar-refractivity contribution in [3.63, 3.8) is 0 Å². The van der Waals surface area contributed by atoms with Crippen LogP contribution in [0.2, 0.25) is 0 Å². The molecule has 0 saturated carbocycles. The van der Waals surface area contributed by atoms with Crippen LogP contribution in [-0.2, 0) is 9.63 Å². The van der Waals surface area contributed by atoms with E-state index >= 15 is 0 Å². The number of oxime groups is 1. The van der Waals surface area contributed by atoms with Crippen molar-refractivity contribution < 1.29 is 19.5 Å². The second kappa shape index (κ2) is 6.04. The number of carboxylic acids is 1. The Kier molecular flexibility index (Phi) is 3.93. The summed E-state index contributed by atoms with van der Waals surface area (Å²) < 4.78 is 0. The van der Waals surface area contributed by atoms with Gasteiger partial charge in [-0.15, -0.1) is 0 Å². The molecule has 0 bridgehead atoms. The van der Waals surface area contributed by atoms with Gasteiger partial charge in [-0.25, -0.2) is 4.79 Å². The third kappa shape index (κ3) is 2.85. The van der Waals surface area contributed by atoms with Crippen LogP contribution in [0, 0.1) is 5.92 Å². The number of ketones is 1. The summed E-state index contributed by atoms with van der Waals surface area (Å²) in [6.45, 7) is 1.51. The van der Waals surface area contributed by atoms with Crippen LogP contribution < -0.4 is 0 Å². The van der Waals surface area contributed by atoms with E-state index in [0.717, 1.165) is 5.56 Å². The van der Waals surface area contributed by atoms with Gasteiger partial charge in [-0.1, -0.05) is 47.6 Å². The summed E-state index contributed by atoms with van der Waals surface area (Å²) in [5, 5.41) is 13.1. The molecule has 0 saturated heterocycles. The fourth-order valence-electron chi connectivity index (χ4n) is 2.69. The minimum Gasteiger partial charge on any atom is -0.478 e. The van der Waals surface area contributed by atoms with E-state index in [1.807, 2.05) is 30.3 Å². The van der Waals surface area contributed by atoms with Crippen LogP contribution in [0.15, 0.2) is 59.8 Å². The number of nitrogens with zero attached hydrogens (tertiary/aromatic N) is 1. The molecule has 0 aromatic heterocycles. The van der Waals surface area contributed by atoms with Gasteiger partial charge in [-0.2, -0.15) is 0 Å². The van der Waals surface area contributed by atoms with Gasteiger partial charge >= 0.3 is 5.97 Å². The molecule has 1 aliphatic heterocycles. The summed E-state index contributed by atoms with van der Waals surface area (Å²) in [7, 11) is 0. The number of carbonyl (C=O) groups is 2. The van der Waals surface area contributed by atoms with Crippen LogP contribution in [0.4, 0.5) is 0 Å². The van der Waals surface area contributed by atoms with E-state index < -0.39 is 18.0 Å². The quantitative estimate of drug-likeness (QED) is 0.941. The Morgan fingerprint density at radius 3 is 2.26 bits per heavy atom. The van der Waals surface area contributed by atoms with Crippen molar-refractivity contribution in [1.82, 2.24) is 0 Å². The zero-order chi connectivity index (χ0) is 16.4. The molecule has 5 heteroatoms. The SMILES string of the molecule is CC(=O)C1C(c2ccc(C(=O)O)cc2)=NOC1c1ccccc1. The molecule has 2 unspecified atom stereocenters. The Balaban J connectivity index is 1.93. The van der Waals surface area contributed by atoms with Crippen molar-refractivity contribution in [2.24, 2.45) is 11.1 Å². The Labute approximate surface area is 133 Å². The molecule has 2 aromatic rings. The lowest BCUT2D eigenvalue weighted by atomic mass is 9.86. The minimum absolute atomic E-state index is 0.0441. The topological polar surface area (TPSA) is 76.0 Å². The first-order valence-electron chi connectivity index (χ1n) is 7.21. The molecule has 3 rings (SSSR count). The largest absolute Gasteiger partial charge is 0.478 e. The van der Waals surface area contributed by atoms with E-state index in [2.05, 4.69) is 5.16 Å². The molecule has 0 amide bonds. The average molecular weight is 309 g/mol. The minimum atomic E-state index is -0.994. The molecule has 1 heterocycles. The van der Waals surface area contributed by atoms with Crippen molar-refractivity contribution in [3.05, 3.63) is 71.3 Å². The zero-order valence-electron chi connectivity index (χ0n) is 12.5. The third-order valence-electron chi connectivity index (χ3n) is 3.86. The van der Waals surface area contributed by atoms with Gasteiger partial charge < -0.3 is 9.94 Å². The normalized spacial score (nSPS) is 19.8. The fraction of sp³-hybridized carbons (Fsp3) is 0.167. The maximum absolute atomic E-state index is 12.1. The van der Waals surface area contributed by atoms with Crippen molar-refractivity contribution in [2.75, 3.05) is 0 Å². The van der Waals surface area contributed by atoms with E-state index in [1.165, 1.54) is 19.1 Å². The van der Waals surface area contributed by atoms with Gasteiger partial charge in [0.1, 0.15) is 17.4 Å². The summed E-state index contributed by atoms with van der Waals surface area (Å²) in [5.41, 5.74) is 2.29. The number of rotatable bonds is 4. The van der Waals surface area contributed by atoms with Crippen molar-refractivity contribution in [1.29, 1.82) is 0 Å². The highest BCUT2D eigenvalue weighted by atomic mass is 16.6. The summed E-state index contributed by atoms with van der Waals surface area (Å²) in [5.74, 6) is -1.54. The summed E-state index contributed by atoms with van der Waals surface area (Å²) in [6, 6.07) is 15.7. The van der Waals surface area contributed by atoms with E-state index in [-0.39, 0.29) is 11.3 Å². The van der Waals surface area contributed by atoms with Crippen molar-refractivity contribution in [3.8, 4) is 0 Å². The Morgan fingerprint density at radius 2 is 1.70 bits per heavy atom. The standard InChI is InChI=1S/C18H15NO4/c1-11(20)15-16(12-7-9-14(10-8-12)18(21)22)19-23-17(15)13-5-3-2-4-6-13/h2-10,15,17H,1H3,(H,21,22). The van der Waals surface area contributed by atoms with E-state index in [4.69, 9.17) is 9.94 Å². The summed E-state index contributed by atoms with van der Waals surface area (Å²) in [6.07, 6.45) is -0.456. The number of Topliss-reactive ketones (excluding diaryl/α,β-unsaturated/α-hetero) is 1. The molecule has 23 heavy (non-hydrogen) atoms. The number of carbonyl (C=O) groups excluding carboxylic acids is 1. The Morgan fingerprint density at radius 1 is 1.04 bits per heavy atom. The van der Waals surface area contributed by atoms with Gasteiger partial charge in [0.2, 0.25) is 0 Å². The second-order valence-corrected chi connectivity index (χ2v) is 5.38. The average Bonchev–Trinajstić information content (AvgIpc) is 3.01. The third-order valence-corrected chi connectivity index (χ3v) is 3.86. The van der Waals surface area contributed by atoms with Crippen LogP contribution in [0.1, 0.15) is 34.5 Å². The number of hydrogen-bond donors (Lipinski definition) is 1. The first-order valence-corrected chi connectivity index (χ1v) is 7.21. The van der Waals surface area contributed by atoms with Crippen molar-refractivity contribution in [2.45, 2.75) is 13.0 Å². The number of benzene rings is 2. The summed E-state index contributed by atoms with van der Waals surface area (Å²) >= 11 is 0. The lowest BCUT2D eigenvalue weighted by Crippen LogP contribution is -2.25. The highest BCUT2D eigenvalue weighted by Crippen LogP contribution is 2.35. The lowest BCUT2D eigenvalue weighted by molar-refractivity contribution is -0.121. The second-order valence-electron chi connectivity index (χ2n) is 5.38. The Bertz CT molecular complexity index is 765.